The zero-order chi connectivity index (χ0) is 14.5. The van der Waals surface area contributed by atoms with E-state index >= 15 is 0 Å². The fraction of sp³-hybridized carbons (Fsp3) is 0.706. The molecule has 2 heterocycles. The Kier molecular flexibility index (Phi) is 5.41. The molecule has 1 aromatic heterocycles. The van der Waals surface area contributed by atoms with E-state index in [4.69, 9.17) is 0 Å². The van der Waals surface area contributed by atoms with E-state index in [-0.39, 0.29) is 0 Å². The normalized spacial score (nSPS) is 19.6. The Labute approximate surface area is 123 Å². The zero-order valence-electron chi connectivity index (χ0n) is 13.4. The fourth-order valence-corrected chi connectivity index (χ4v) is 2.91. The molecular formula is C17H29N3. The van der Waals surface area contributed by atoms with Gasteiger partial charge in [-0.3, -0.25) is 4.98 Å². The van der Waals surface area contributed by atoms with Crippen LogP contribution in [0.4, 0.5) is 5.69 Å². The highest BCUT2D eigenvalue weighted by Gasteiger charge is 2.19. The van der Waals surface area contributed by atoms with Crippen molar-refractivity contribution in [2.75, 3.05) is 24.5 Å². The van der Waals surface area contributed by atoms with Crippen LogP contribution in [0.3, 0.4) is 0 Å². The molecule has 1 unspecified atom stereocenters. The van der Waals surface area contributed by atoms with E-state index < -0.39 is 0 Å². The van der Waals surface area contributed by atoms with Crippen molar-refractivity contribution < 1.29 is 0 Å². The molecule has 0 amide bonds. The van der Waals surface area contributed by atoms with Crippen LogP contribution in [0, 0.1) is 18.8 Å². The fourth-order valence-electron chi connectivity index (χ4n) is 2.91. The second-order valence-corrected chi connectivity index (χ2v) is 6.67. The van der Waals surface area contributed by atoms with Crippen molar-refractivity contribution in [3.05, 3.63) is 23.5 Å². The molecule has 2 rings (SSSR count). The number of anilines is 1. The van der Waals surface area contributed by atoms with Gasteiger partial charge in [0.05, 0.1) is 0 Å². The van der Waals surface area contributed by atoms with Gasteiger partial charge in [-0.2, -0.15) is 0 Å². The van der Waals surface area contributed by atoms with Crippen LogP contribution in [0.25, 0.3) is 0 Å². The first kappa shape index (κ1) is 15.3. The molecule has 1 aliphatic rings. The summed E-state index contributed by atoms with van der Waals surface area (Å²) in [4.78, 5) is 7.04. The Bertz CT molecular complexity index is 428. The second-order valence-electron chi connectivity index (χ2n) is 6.67. The molecule has 0 spiro atoms. The highest BCUT2D eigenvalue weighted by atomic mass is 15.1. The monoisotopic (exact) mass is 275 g/mol. The molecule has 0 aliphatic carbocycles. The maximum Gasteiger partial charge on any atom is 0.0445 e. The predicted octanol–water partition coefficient (Wildman–Crippen LogP) is 3.37. The number of nitrogens with zero attached hydrogens (tertiary/aromatic N) is 2. The number of nitrogens with one attached hydrogen (secondary N) is 1. The van der Waals surface area contributed by atoms with Crippen molar-refractivity contribution in [1.82, 2.24) is 10.3 Å². The first-order valence-electron chi connectivity index (χ1n) is 7.97. The number of hydrogen-bond donors (Lipinski definition) is 1. The Balaban J connectivity index is 2.10. The van der Waals surface area contributed by atoms with Crippen LogP contribution in [0.1, 0.15) is 44.9 Å². The quantitative estimate of drug-likeness (QED) is 0.893. The van der Waals surface area contributed by atoms with Gasteiger partial charge in [-0.25, -0.2) is 0 Å². The van der Waals surface area contributed by atoms with Crippen LogP contribution in [0.15, 0.2) is 12.3 Å². The van der Waals surface area contributed by atoms with Crippen molar-refractivity contribution >= 4 is 5.69 Å². The second kappa shape index (κ2) is 7.07. The summed E-state index contributed by atoms with van der Waals surface area (Å²) in [5.74, 6) is 1.49. The molecule has 20 heavy (non-hydrogen) atoms. The number of pyridine rings is 1. The maximum absolute atomic E-state index is 4.48. The molecule has 3 heteroatoms. The van der Waals surface area contributed by atoms with Crippen molar-refractivity contribution in [3.8, 4) is 0 Å². The van der Waals surface area contributed by atoms with Gasteiger partial charge in [-0.15, -0.1) is 0 Å². The first-order valence-corrected chi connectivity index (χ1v) is 7.97. The van der Waals surface area contributed by atoms with Crippen molar-refractivity contribution in [3.63, 3.8) is 0 Å². The first-order chi connectivity index (χ1) is 9.56. The lowest BCUT2D eigenvalue weighted by molar-refractivity contribution is 0.445. The summed E-state index contributed by atoms with van der Waals surface area (Å²) in [6.07, 6.45) is 4.72. The molecule has 3 nitrogen and oxygen atoms in total. The molecule has 1 atom stereocenters. The third-order valence-corrected chi connectivity index (χ3v) is 3.96. The summed E-state index contributed by atoms with van der Waals surface area (Å²) < 4.78 is 0. The topological polar surface area (TPSA) is 28.2 Å². The van der Waals surface area contributed by atoms with Gasteiger partial charge in [0.1, 0.15) is 0 Å². The molecule has 1 N–H and O–H groups in total. The smallest absolute Gasteiger partial charge is 0.0445 e. The summed E-state index contributed by atoms with van der Waals surface area (Å²) in [6, 6.07) is 2.25. The van der Waals surface area contributed by atoms with E-state index in [1.807, 2.05) is 0 Å². The summed E-state index contributed by atoms with van der Waals surface area (Å²) in [7, 11) is 0. The average Bonchev–Trinajstić information content (AvgIpc) is 2.40. The molecule has 1 saturated heterocycles. The summed E-state index contributed by atoms with van der Waals surface area (Å²) in [5, 5.41) is 3.54. The molecule has 0 bridgehead atoms. The minimum absolute atomic E-state index is 0.687. The Morgan fingerprint density at radius 3 is 2.95 bits per heavy atom. The predicted molar refractivity (Wildman–Crippen MR) is 86.1 cm³/mol. The molecule has 0 saturated carbocycles. The highest BCUT2D eigenvalue weighted by Crippen LogP contribution is 2.26. The lowest BCUT2D eigenvalue weighted by Gasteiger charge is -2.34. The zero-order valence-corrected chi connectivity index (χ0v) is 13.4. The lowest BCUT2D eigenvalue weighted by Crippen LogP contribution is -2.35. The Morgan fingerprint density at radius 2 is 2.25 bits per heavy atom. The number of hydrogen-bond acceptors (Lipinski definition) is 3. The van der Waals surface area contributed by atoms with Crippen LogP contribution < -0.4 is 10.2 Å². The van der Waals surface area contributed by atoms with Gasteiger partial charge in [0, 0.05) is 42.8 Å². The van der Waals surface area contributed by atoms with Crippen LogP contribution in [-0.2, 0) is 6.54 Å². The number of aromatic nitrogens is 1. The van der Waals surface area contributed by atoms with Crippen molar-refractivity contribution in [2.45, 2.75) is 47.1 Å². The van der Waals surface area contributed by atoms with Crippen LogP contribution in [-0.4, -0.2) is 24.6 Å². The van der Waals surface area contributed by atoms with Crippen molar-refractivity contribution in [2.24, 2.45) is 11.8 Å². The largest absolute Gasteiger partial charge is 0.371 e. The molecule has 112 valence electrons. The van der Waals surface area contributed by atoms with E-state index in [1.54, 1.807) is 0 Å². The third-order valence-electron chi connectivity index (χ3n) is 3.96. The van der Waals surface area contributed by atoms with Gasteiger partial charge in [-0.05, 0) is 44.2 Å². The van der Waals surface area contributed by atoms with Crippen LogP contribution in [0.2, 0.25) is 0 Å². The minimum Gasteiger partial charge on any atom is -0.371 e. The van der Waals surface area contributed by atoms with Crippen LogP contribution >= 0.6 is 0 Å². The number of rotatable bonds is 5. The van der Waals surface area contributed by atoms with Crippen molar-refractivity contribution in [1.29, 1.82) is 0 Å². The summed E-state index contributed by atoms with van der Waals surface area (Å²) in [5.41, 5.74) is 3.84. The lowest BCUT2D eigenvalue weighted by atomic mass is 9.99. The minimum atomic E-state index is 0.687. The molecule has 1 fully saturated rings. The van der Waals surface area contributed by atoms with E-state index in [0.29, 0.717) is 5.92 Å². The average molecular weight is 275 g/mol. The van der Waals surface area contributed by atoms with Gasteiger partial charge < -0.3 is 10.2 Å². The maximum atomic E-state index is 4.48. The molecule has 1 aromatic rings. The van der Waals surface area contributed by atoms with Crippen LogP contribution in [0.5, 0.6) is 0 Å². The van der Waals surface area contributed by atoms with Gasteiger partial charge in [0.2, 0.25) is 0 Å². The van der Waals surface area contributed by atoms with E-state index in [9.17, 15) is 0 Å². The van der Waals surface area contributed by atoms with Gasteiger partial charge in [0.15, 0.2) is 0 Å². The summed E-state index contributed by atoms with van der Waals surface area (Å²) >= 11 is 0. The Hall–Kier alpha value is -1.09. The van der Waals surface area contributed by atoms with E-state index in [0.717, 1.165) is 24.7 Å². The number of aryl methyl sites for hydroxylation is 1. The van der Waals surface area contributed by atoms with Gasteiger partial charge in [-0.1, -0.05) is 20.8 Å². The standard InChI is InChI=1S/C17H29N3/c1-13(2)9-18-10-16-11-19-15(4)8-17(16)20-7-5-6-14(3)12-20/h8,11,13-14,18H,5-7,9-10,12H2,1-4H3. The molecule has 0 aromatic carbocycles. The Morgan fingerprint density at radius 1 is 1.45 bits per heavy atom. The molecule has 0 radical (unpaired) electrons. The van der Waals surface area contributed by atoms with E-state index in [2.05, 4.69) is 55.2 Å². The molecular weight excluding hydrogens is 246 g/mol. The van der Waals surface area contributed by atoms with Gasteiger partial charge in [0.25, 0.3) is 0 Å². The highest BCUT2D eigenvalue weighted by molar-refractivity contribution is 5.54. The van der Waals surface area contributed by atoms with E-state index in [1.165, 1.54) is 37.2 Å². The third kappa shape index (κ3) is 4.20. The number of piperidine rings is 1. The molecule has 1 aliphatic heterocycles. The van der Waals surface area contributed by atoms with Gasteiger partial charge >= 0.3 is 0 Å². The summed E-state index contributed by atoms with van der Waals surface area (Å²) in [6.45, 7) is 13.3. The SMILES string of the molecule is Cc1cc(N2CCCC(C)C2)c(CNCC(C)C)cn1.